The highest BCUT2D eigenvalue weighted by Crippen LogP contribution is 2.50. The second kappa shape index (κ2) is 5.01. The van der Waals surface area contributed by atoms with Crippen molar-refractivity contribution in [3.05, 3.63) is 41.7 Å². The van der Waals surface area contributed by atoms with Crippen molar-refractivity contribution in [2.45, 2.75) is 24.9 Å². The summed E-state index contributed by atoms with van der Waals surface area (Å²) in [7, 11) is 0. The summed E-state index contributed by atoms with van der Waals surface area (Å²) in [5, 5.41) is 9.25. The number of alkyl halides is 6. The van der Waals surface area contributed by atoms with Crippen molar-refractivity contribution >= 4 is 0 Å². The quantitative estimate of drug-likeness (QED) is 0.828. The lowest BCUT2D eigenvalue weighted by Crippen LogP contribution is -2.53. The number of hydrogen-bond donors (Lipinski definition) is 2. The minimum Gasteiger partial charge on any atom is -0.369 e. The Bertz CT molecular complexity index is 642. The van der Waals surface area contributed by atoms with E-state index in [0.717, 1.165) is 12.1 Å². The van der Waals surface area contributed by atoms with Gasteiger partial charge in [-0.15, -0.1) is 0 Å². The van der Waals surface area contributed by atoms with Gasteiger partial charge < -0.3 is 10.1 Å². The number of aryl methyl sites for hydroxylation is 1. The molecule has 9 heteroatoms. The first kappa shape index (κ1) is 16.3. The Morgan fingerprint density at radius 3 is 1.82 bits per heavy atom. The molecule has 0 aliphatic heterocycles. The van der Waals surface area contributed by atoms with E-state index in [1.54, 1.807) is 6.92 Å². The summed E-state index contributed by atoms with van der Waals surface area (Å²) >= 11 is 0. The van der Waals surface area contributed by atoms with E-state index in [1.807, 2.05) is 0 Å². The van der Waals surface area contributed by atoms with Crippen LogP contribution in [-0.4, -0.2) is 27.4 Å². The van der Waals surface area contributed by atoms with Gasteiger partial charge in [-0.25, -0.2) is 4.98 Å². The van der Waals surface area contributed by atoms with Gasteiger partial charge in [0, 0.05) is 17.3 Å². The Hall–Kier alpha value is -2.03. The smallest absolute Gasteiger partial charge is 0.369 e. The Morgan fingerprint density at radius 2 is 1.45 bits per heavy atom. The first-order valence-corrected chi connectivity index (χ1v) is 5.95. The van der Waals surface area contributed by atoms with Gasteiger partial charge in [-0.05, 0) is 6.92 Å². The Morgan fingerprint density at radius 1 is 0.955 bits per heavy atom. The predicted octanol–water partition coefficient (Wildman–Crippen LogP) is 3.70. The fourth-order valence-electron chi connectivity index (χ4n) is 1.92. The molecule has 2 aromatic rings. The maximum absolute atomic E-state index is 12.7. The largest absolute Gasteiger partial charge is 0.430 e. The highest BCUT2D eigenvalue weighted by atomic mass is 19.4. The molecule has 0 aliphatic carbocycles. The topological polar surface area (TPSA) is 48.9 Å². The highest BCUT2D eigenvalue weighted by Gasteiger charge is 2.71. The summed E-state index contributed by atoms with van der Waals surface area (Å²) in [5.41, 5.74) is -5.32. The molecule has 1 heterocycles. The SMILES string of the molecule is Cc1c[nH]c(-c2ccc(C(O)(C(F)(F)F)C(F)(F)F)cc2)n1. The van der Waals surface area contributed by atoms with E-state index in [2.05, 4.69) is 9.97 Å². The highest BCUT2D eigenvalue weighted by molar-refractivity contribution is 5.56. The molecule has 1 aromatic carbocycles. The molecule has 2 rings (SSSR count). The zero-order chi connectivity index (χ0) is 16.8. The fraction of sp³-hybridized carbons (Fsp3) is 0.308. The first-order valence-electron chi connectivity index (χ1n) is 5.95. The molecular weight excluding hydrogens is 314 g/mol. The number of rotatable bonds is 2. The minimum absolute atomic E-state index is 0.295. The molecule has 120 valence electrons. The van der Waals surface area contributed by atoms with E-state index in [1.165, 1.54) is 6.20 Å². The second-order valence-corrected chi connectivity index (χ2v) is 4.67. The van der Waals surface area contributed by atoms with Crippen LogP contribution in [0, 0.1) is 6.92 Å². The van der Waals surface area contributed by atoms with Gasteiger partial charge in [0.05, 0.1) is 5.69 Å². The number of nitrogens with zero attached hydrogens (tertiary/aromatic N) is 1. The van der Waals surface area contributed by atoms with Gasteiger partial charge in [0.2, 0.25) is 0 Å². The lowest BCUT2D eigenvalue weighted by molar-refractivity contribution is -0.376. The molecule has 0 saturated carbocycles. The third kappa shape index (κ3) is 2.56. The maximum atomic E-state index is 12.7. The molecule has 0 spiro atoms. The van der Waals surface area contributed by atoms with Crippen LogP contribution in [0.25, 0.3) is 11.4 Å². The molecule has 2 N–H and O–H groups in total. The van der Waals surface area contributed by atoms with Gasteiger partial charge in [0.25, 0.3) is 5.60 Å². The third-order valence-electron chi connectivity index (χ3n) is 3.10. The average Bonchev–Trinajstić information content (AvgIpc) is 2.82. The monoisotopic (exact) mass is 324 g/mol. The number of hydrogen-bond acceptors (Lipinski definition) is 2. The maximum Gasteiger partial charge on any atom is 0.430 e. The lowest BCUT2D eigenvalue weighted by Gasteiger charge is -2.32. The summed E-state index contributed by atoms with van der Waals surface area (Å²) in [6, 6.07) is 3.20. The molecule has 0 bridgehead atoms. The number of halogens is 6. The van der Waals surface area contributed by atoms with Crippen LogP contribution in [0.4, 0.5) is 26.3 Å². The number of aromatic amines is 1. The number of aromatic nitrogens is 2. The zero-order valence-corrected chi connectivity index (χ0v) is 11.0. The van der Waals surface area contributed by atoms with Crippen LogP contribution in [0.3, 0.4) is 0 Å². The van der Waals surface area contributed by atoms with Gasteiger partial charge in [-0.3, -0.25) is 0 Å². The van der Waals surface area contributed by atoms with E-state index in [4.69, 9.17) is 0 Å². The molecule has 0 amide bonds. The molecule has 0 atom stereocenters. The van der Waals surface area contributed by atoms with Crippen LogP contribution < -0.4 is 0 Å². The van der Waals surface area contributed by atoms with Crippen molar-refractivity contribution in [2.75, 3.05) is 0 Å². The lowest BCUT2D eigenvalue weighted by atomic mass is 9.91. The Balaban J connectivity index is 2.48. The molecule has 0 saturated heterocycles. The molecule has 3 nitrogen and oxygen atoms in total. The predicted molar refractivity (Wildman–Crippen MR) is 64.8 cm³/mol. The Kier molecular flexibility index (Phi) is 3.72. The van der Waals surface area contributed by atoms with Crippen molar-refractivity contribution < 1.29 is 31.4 Å². The van der Waals surface area contributed by atoms with E-state index < -0.39 is 23.5 Å². The van der Waals surface area contributed by atoms with Crippen LogP contribution in [-0.2, 0) is 5.60 Å². The van der Waals surface area contributed by atoms with E-state index in [0.29, 0.717) is 29.2 Å². The number of nitrogens with one attached hydrogen (secondary N) is 1. The van der Waals surface area contributed by atoms with Gasteiger partial charge in [-0.1, -0.05) is 24.3 Å². The van der Waals surface area contributed by atoms with Crippen molar-refractivity contribution in [2.24, 2.45) is 0 Å². The normalized spacial score (nSPS) is 13.5. The van der Waals surface area contributed by atoms with Gasteiger partial charge >= 0.3 is 12.4 Å². The summed E-state index contributed by atoms with van der Waals surface area (Å²) in [6.07, 6.45) is -10.3. The van der Waals surface area contributed by atoms with E-state index in [-0.39, 0.29) is 0 Å². The molecule has 0 unspecified atom stereocenters. The van der Waals surface area contributed by atoms with Crippen LogP contribution >= 0.6 is 0 Å². The van der Waals surface area contributed by atoms with Gasteiger partial charge in [0.1, 0.15) is 5.82 Å². The van der Waals surface area contributed by atoms with Crippen LogP contribution in [0.2, 0.25) is 0 Å². The molecule has 0 fully saturated rings. The van der Waals surface area contributed by atoms with Gasteiger partial charge in [0.15, 0.2) is 0 Å². The number of aliphatic hydroxyl groups is 1. The number of H-pyrrole nitrogens is 1. The van der Waals surface area contributed by atoms with Crippen molar-refractivity contribution in [3.8, 4) is 11.4 Å². The van der Waals surface area contributed by atoms with Crippen LogP contribution in [0.5, 0.6) is 0 Å². The summed E-state index contributed by atoms with van der Waals surface area (Å²) in [6.45, 7) is 1.67. The first-order chi connectivity index (χ1) is 9.97. The fourth-order valence-corrected chi connectivity index (χ4v) is 1.92. The number of benzene rings is 1. The molecule has 0 aliphatic rings. The molecule has 22 heavy (non-hydrogen) atoms. The van der Waals surface area contributed by atoms with Gasteiger partial charge in [-0.2, -0.15) is 26.3 Å². The standard InChI is InChI=1S/C13H10F6N2O/c1-7-6-20-10(21-7)8-2-4-9(5-3-8)11(22,12(14,15)16)13(17,18)19/h2-6,22H,1H3,(H,20,21). The molecule has 0 radical (unpaired) electrons. The average molecular weight is 324 g/mol. The third-order valence-corrected chi connectivity index (χ3v) is 3.10. The molecule has 1 aromatic heterocycles. The summed E-state index contributed by atoms with van der Waals surface area (Å²) < 4.78 is 76.3. The molecular formula is C13H10F6N2O. The minimum atomic E-state index is -5.89. The summed E-state index contributed by atoms with van der Waals surface area (Å²) in [5.74, 6) is 0.298. The van der Waals surface area contributed by atoms with Crippen molar-refractivity contribution in [1.82, 2.24) is 9.97 Å². The van der Waals surface area contributed by atoms with E-state index >= 15 is 0 Å². The van der Waals surface area contributed by atoms with Crippen LogP contribution in [0.1, 0.15) is 11.3 Å². The van der Waals surface area contributed by atoms with Crippen molar-refractivity contribution in [1.29, 1.82) is 0 Å². The second-order valence-electron chi connectivity index (χ2n) is 4.67. The summed E-state index contributed by atoms with van der Waals surface area (Å²) in [4.78, 5) is 6.73. The van der Waals surface area contributed by atoms with E-state index in [9.17, 15) is 31.4 Å². The van der Waals surface area contributed by atoms with Crippen LogP contribution in [0.15, 0.2) is 30.5 Å². The van der Waals surface area contributed by atoms with Crippen molar-refractivity contribution in [3.63, 3.8) is 0 Å². The zero-order valence-electron chi connectivity index (χ0n) is 11.0. The number of imidazole rings is 1. The Labute approximate surface area is 120 Å².